The molecule has 1 unspecified atom stereocenters. The number of carboxylic acid groups (broad SMARTS) is 1. The minimum absolute atomic E-state index is 0.213. The van der Waals surface area contributed by atoms with E-state index in [2.05, 4.69) is 0 Å². The summed E-state index contributed by atoms with van der Waals surface area (Å²) < 4.78 is 5.72. The summed E-state index contributed by atoms with van der Waals surface area (Å²) in [5.41, 5.74) is 0.802. The molecule has 0 fully saturated rings. The number of hydrogen-bond donors (Lipinski definition) is 1. The molecule has 0 saturated carbocycles. The van der Waals surface area contributed by atoms with Crippen molar-refractivity contribution in [2.24, 2.45) is 0 Å². The Morgan fingerprint density at radius 3 is 2.55 bits per heavy atom. The lowest BCUT2D eigenvalue weighted by atomic mass is 10.0. The van der Waals surface area contributed by atoms with Gasteiger partial charge in [-0.1, -0.05) is 41.4 Å². The van der Waals surface area contributed by atoms with Gasteiger partial charge in [0.1, 0.15) is 11.9 Å². The minimum atomic E-state index is -0.988. The van der Waals surface area contributed by atoms with Crippen molar-refractivity contribution in [2.75, 3.05) is 0 Å². The van der Waals surface area contributed by atoms with E-state index in [9.17, 15) is 9.90 Å². The van der Waals surface area contributed by atoms with Crippen molar-refractivity contribution in [1.29, 1.82) is 0 Å². The van der Waals surface area contributed by atoms with Crippen LogP contribution in [0, 0.1) is 0 Å². The van der Waals surface area contributed by atoms with E-state index in [0.717, 1.165) is 0 Å². The Kier molecular flexibility index (Phi) is 4.53. The molecule has 0 saturated heterocycles. The summed E-state index contributed by atoms with van der Waals surface area (Å²) in [5, 5.41) is 10.1. The van der Waals surface area contributed by atoms with Gasteiger partial charge < -0.3 is 9.84 Å². The topological polar surface area (TPSA) is 46.5 Å². The Morgan fingerprint density at radius 1 is 1.20 bits per heavy atom. The second-order valence-electron chi connectivity index (χ2n) is 4.23. The van der Waals surface area contributed by atoms with Crippen LogP contribution in [0.3, 0.4) is 0 Å². The van der Waals surface area contributed by atoms with E-state index in [1.54, 1.807) is 49.4 Å². The summed E-state index contributed by atoms with van der Waals surface area (Å²) >= 11 is 11.9. The first-order valence-corrected chi connectivity index (χ1v) is 6.68. The summed E-state index contributed by atoms with van der Waals surface area (Å²) in [7, 11) is 0. The van der Waals surface area contributed by atoms with Gasteiger partial charge >= 0.3 is 5.97 Å². The van der Waals surface area contributed by atoms with Gasteiger partial charge in [0.25, 0.3) is 0 Å². The Bertz CT molecular complexity index is 641. The fourth-order valence-electron chi connectivity index (χ4n) is 1.87. The number of ether oxygens (including phenoxy) is 1. The minimum Gasteiger partial charge on any atom is -0.484 e. The quantitative estimate of drug-likeness (QED) is 0.879. The number of benzene rings is 2. The molecule has 1 N–H and O–H groups in total. The molecule has 2 aromatic rings. The number of halogens is 2. The van der Waals surface area contributed by atoms with Crippen LogP contribution in [0.1, 0.15) is 28.9 Å². The van der Waals surface area contributed by atoms with Crippen LogP contribution in [0.2, 0.25) is 10.0 Å². The van der Waals surface area contributed by atoms with Gasteiger partial charge in [-0.05, 0) is 31.2 Å². The number of hydrogen-bond acceptors (Lipinski definition) is 2. The molecule has 2 rings (SSSR count). The predicted molar refractivity (Wildman–Crippen MR) is 78.9 cm³/mol. The van der Waals surface area contributed by atoms with Crippen LogP contribution < -0.4 is 4.74 Å². The zero-order valence-electron chi connectivity index (χ0n) is 10.6. The lowest BCUT2D eigenvalue weighted by Gasteiger charge is -2.17. The zero-order valence-corrected chi connectivity index (χ0v) is 12.2. The Morgan fingerprint density at radius 2 is 1.90 bits per heavy atom. The number of aromatic carboxylic acids is 1. The van der Waals surface area contributed by atoms with Crippen LogP contribution in [0.15, 0.2) is 42.5 Å². The summed E-state index contributed by atoms with van der Waals surface area (Å²) in [5.74, 6) is -0.526. The highest BCUT2D eigenvalue weighted by Crippen LogP contribution is 2.32. The number of carboxylic acids is 1. The fourth-order valence-corrected chi connectivity index (χ4v) is 2.32. The van der Waals surface area contributed by atoms with Crippen molar-refractivity contribution in [3.8, 4) is 5.75 Å². The zero-order chi connectivity index (χ0) is 14.7. The van der Waals surface area contributed by atoms with E-state index >= 15 is 0 Å². The SMILES string of the molecule is CC(Oc1ccc(Cl)cc1Cl)c1ccccc1C(=O)O. The van der Waals surface area contributed by atoms with E-state index in [1.165, 1.54) is 0 Å². The molecule has 0 radical (unpaired) electrons. The average Bonchev–Trinajstić information content (AvgIpc) is 2.41. The smallest absolute Gasteiger partial charge is 0.336 e. The van der Waals surface area contributed by atoms with Crippen molar-refractivity contribution in [2.45, 2.75) is 13.0 Å². The highest BCUT2D eigenvalue weighted by atomic mass is 35.5. The third-order valence-electron chi connectivity index (χ3n) is 2.83. The third-order valence-corrected chi connectivity index (χ3v) is 3.36. The largest absolute Gasteiger partial charge is 0.484 e. The van der Waals surface area contributed by atoms with Gasteiger partial charge in [0.15, 0.2) is 0 Å². The summed E-state index contributed by atoms with van der Waals surface area (Å²) in [4.78, 5) is 11.2. The monoisotopic (exact) mass is 310 g/mol. The standard InChI is InChI=1S/C15H12Cl2O3/c1-9(11-4-2-3-5-12(11)15(18)19)20-14-7-6-10(16)8-13(14)17/h2-9H,1H3,(H,18,19). The van der Waals surface area contributed by atoms with Gasteiger partial charge in [0.2, 0.25) is 0 Å². The molecule has 0 aliphatic carbocycles. The molecular weight excluding hydrogens is 299 g/mol. The van der Waals surface area contributed by atoms with Crippen molar-refractivity contribution in [1.82, 2.24) is 0 Å². The Balaban J connectivity index is 2.28. The lowest BCUT2D eigenvalue weighted by Crippen LogP contribution is -2.10. The second kappa shape index (κ2) is 6.16. The van der Waals surface area contributed by atoms with E-state index in [0.29, 0.717) is 21.4 Å². The van der Waals surface area contributed by atoms with Crippen LogP contribution in [-0.2, 0) is 0 Å². The first kappa shape index (κ1) is 14.7. The van der Waals surface area contributed by atoms with E-state index in [1.807, 2.05) is 0 Å². The maximum Gasteiger partial charge on any atom is 0.336 e. The predicted octanol–water partition coefficient (Wildman–Crippen LogP) is 4.83. The van der Waals surface area contributed by atoms with Crippen LogP contribution in [0.25, 0.3) is 0 Å². The maximum absolute atomic E-state index is 11.2. The molecule has 0 aliphatic heterocycles. The molecule has 104 valence electrons. The highest BCUT2D eigenvalue weighted by molar-refractivity contribution is 6.35. The van der Waals surface area contributed by atoms with Gasteiger partial charge in [-0.15, -0.1) is 0 Å². The average molecular weight is 311 g/mol. The van der Waals surface area contributed by atoms with Crippen LogP contribution in [0.5, 0.6) is 5.75 Å². The second-order valence-corrected chi connectivity index (χ2v) is 5.07. The molecule has 20 heavy (non-hydrogen) atoms. The third kappa shape index (κ3) is 3.24. The van der Waals surface area contributed by atoms with Crippen LogP contribution >= 0.6 is 23.2 Å². The fraction of sp³-hybridized carbons (Fsp3) is 0.133. The summed E-state index contributed by atoms with van der Waals surface area (Å²) in [6.45, 7) is 1.77. The maximum atomic E-state index is 11.2. The Hall–Kier alpha value is -1.71. The molecule has 0 spiro atoms. The molecule has 0 heterocycles. The van der Waals surface area contributed by atoms with Gasteiger partial charge in [-0.3, -0.25) is 0 Å². The van der Waals surface area contributed by atoms with Gasteiger partial charge in [0, 0.05) is 10.6 Å². The first-order chi connectivity index (χ1) is 9.49. The number of carbonyl (C=O) groups is 1. The first-order valence-electron chi connectivity index (χ1n) is 5.93. The van der Waals surface area contributed by atoms with Gasteiger partial charge in [-0.25, -0.2) is 4.79 Å². The van der Waals surface area contributed by atoms with E-state index in [4.69, 9.17) is 27.9 Å². The molecule has 1 atom stereocenters. The molecule has 2 aromatic carbocycles. The van der Waals surface area contributed by atoms with Crippen molar-refractivity contribution in [3.63, 3.8) is 0 Å². The molecule has 0 aliphatic rings. The van der Waals surface area contributed by atoms with Gasteiger partial charge in [0.05, 0.1) is 10.6 Å². The molecule has 3 nitrogen and oxygen atoms in total. The summed E-state index contributed by atoms with van der Waals surface area (Å²) in [6.07, 6.45) is -0.444. The normalized spacial score (nSPS) is 11.9. The number of rotatable bonds is 4. The lowest BCUT2D eigenvalue weighted by molar-refractivity contribution is 0.0691. The van der Waals surface area contributed by atoms with Gasteiger partial charge in [-0.2, -0.15) is 0 Å². The van der Waals surface area contributed by atoms with Crippen molar-refractivity contribution in [3.05, 3.63) is 63.6 Å². The molecule has 0 bridgehead atoms. The van der Waals surface area contributed by atoms with Crippen molar-refractivity contribution < 1.29 is 14.6 Å². The molecule has 0 amide bonds. The molecular formula is C15H12Cl2O3. The van der Waals surface area contributed by atoms with Crippen molar-refractivity contribution >= 4 is 29.2 Å². The molecule has 5 heteroatoms. The highest BCUT2D eigenvalue weighted by Gasteiger charge is 2.17. The van der Waals surface area contributed by atoms with Crippen LogP contribution in [-0.4, -0.2) is 11.1 Å². The van der Waals surface area contributed by atoms with E-state index in [-0.39, 0.29) is 5.56 Å². The van der Waals surface area contributed by atoms with Crippen LogP contribution in [0.4, 0.5) is 0 Å². The van der Waals surface area contributed by atoms with E-state index < -0.39 is 12.1 Å². The Labute approximate surface area is 126 Å². The summed E-state index contributed by atoms with van der Waals surface area (Å²) in [6, 6.07) is 11.6. The molecule has 0 aromatic heterocycles.